The molecule has 19 heavy (non-hydrogen) atoms. The molecule has 0 spiro atoms. The molecule has 2 heterocycles. The summed E-state index contributed by atoms with van der Waals surface area (Å²) in [4.78, 5) is 0. The number of hydrogen-bond acceptors (Lipinski definition) is 5. The maximum Gasteiger partial charge on any atom is 0.283 e. The molecule has 0 saturated carbocycles. The lowest BCUT2D eigenvalue weighted by Crippen LogP contribution is -2.17. The van der Waals surface area contributed by atoms with Crippen LogP contribution in [0.4, 0.5) is 0 Å². The van der Waals surface area contributed by atoms with E-state index in [4.69, 9.17) is 8.83 Å². The second-order valence-electron chi connectivity index (χ2n) is 4.06. The van der Waals surface area contributed by atoms with Crippen LogP contribution in [-0.2, 0) is 0 Å². The van der Waals surface area contributed by atoms with Crippen LogP contribution in [0.5, 0.6) is 0 Å². The van der Waals surface area contributed by atoms with Crippen LogP contribution in [0.1, 0.15) is 17.5 Å². The third kappa shape index (κ3) is 2.28. The van der Waals surface area contributed by atoms with Crippen LogP contribution in [0, 0.1) is 0 Å². The first-order chi connectivity index (χ1) is 9.38. The molecule has 0 saturated heterocycles. The summed E-state index contributed by atoms with van der Waals surface area (Å²) in [6, 6.07) is 13.4. The highest BCUT2D eigenvalue weighted by molar-refractivity contribution is 5.42. The number of benzene rings is 1. The van der Waals surface area contributed by atoms with Gasteiger partial charge in [-0.1, -0.05) is 30.3 Å². The van der Waals surface area contributed by atoms with Gasteiger partial charge in [-0.3, -0.25) is 0 Å². The molecule has 1 atom stereocenters. The molecule has 1 unspecified atom stereocenters. The summed E-state index contributed by atoms with van der Waals surface area (Å²) < 4.78 is 10.9. The molecule has 0 aliphatic heterocycles. The minimum Gasteiger partial charge on any atom is -0.459 e. The Hall–Kier alpha value is -2.40. The van der Waals surface area contributed by atoms with Gasteiger partial charge in [0.15, 0.2) is 5.76 Å². The summed E-state index contributed by atoms with van der Waals surface area (Å²) in [7, 11) is 1.86. The van der Waals surface area contributed by atoms with Crippen LogP contribution in [0.15, 0.2) is 57.6 Å². The molecule has 3 rings (SSSR count). The highest BCUT2D eigenvalue weighted by atomic mass is 16.4. The standard InChI is InChI=1S/C14H13N3O2/c1-15-12(10-6-3-2-4-7-10)14-17-16-13(19-14)11-8-5-9-18-11/h2-9,12,15H,1H3. The van der Waals surface area contributed by atoms with Gasteiger partial charge in [0.05, 0.1) is 6.26 Å². The molecule has 0 radical (unpaired) electrons. The Kier molecular flexibility index (Phi) is 3.12. The Balaban J connectivity index is 1.93. The molecule has 0 aliphatic carbocycles. The summed E-state index contributed by atoms with van der Waals surface area (Å²) in [6.07, 6.45) is 1.58. The molecule has 96 valence electrons. The Morgan fingerprint density at radius 2 is 1.89 bits per heavy atom. The van der Waals surface area contributed by atoms with E-state index in [0.29, 0.717) is 17.5 Å². The van der Waals surface area contributed by atoms with E-state index in [2.05, 4.69) is 15.5 Å². The van der Waals surface area contributed by atoms with E-state index in [0.717, 1.165) is 5.56 Å². The lowest BCUT2D eigenvalue weighted by Gasteiger charge is -2.11. The van der Waals surface area contributed by atoms with Crippen molar-refractivity contribution in [1.29, 1.82) is 0 Å². The highest BCUT2D eigenvalue weighted by Gasteiger charge is 2.20. The fourth-order valence-corrected chi connectivity index (χ4v) is 1.93. The van der Waals surface area contributed by atoms with Crippen molar-refractivity contribution in [2.75, 3.05) is 7.05 Å². The smallest absolute Gasteiger partial charge is 0.283 e. The van der Waals surface area contributed by atoms with Crippen molar-refractivity contribution in [3.63, 3.8) is 0 Å². The van der Waals surface area contributed by atoms with Gasteiger partial charge in [-0.05, 0) is 24.7 Å². The van der Waals surface area contributed by atoms with E-state index >= 15 is 0 Å². The average Bonchev–Trinajstić information content (AvgIpc) is 3.11. The lowest BCUT2D eigenvalue weighted by atomic mass is 10.1. The van der Waals surface area contributed by atoms with Crippen molar-refractivity contribution in [1.82, 2.24) is 15.5 Å². The van der Waals surface area contributed by atoms with E-state index in [9.17, 15) is 0 Å². The van der Waals surface area contributed by atoms with Gasteiger partial charge in [-0.25, -0.2) is 0 Å². The van der Waals surface area contributed by atoms with Crippen molar-refractivity contribution < 1.29 is 8.83 Å². The first kappa shape index (κ1) is 11.7. The fourth-order valence-electron chi connectivity index (χ4n) is 1.93. The predicted molar refractivity (Wildman–Crippen MR) is 69.3 cm³/mol. The van der Waals surface area contributed by atoms with E-state index in [1.165, 1.54) is 0 Å². The Bertz CT molecular complexity index is 632. The van der Waals surface area contributed by atoms with Crippen molar-refractivity contribution in [3.8, 4) is 11.7 Å². The number of hydrogen-bond donors (Lipinski definition) is 1. The van der Waals surface area contributed by atoms with Gasteiger partial charge in [0.25, 0.3) is 5.89 Å². The van der Waals surface area contributed by atoms with Crippen molar-refractivity contribution in [2.24, 2.45) is 0 Å². The molecule has 2 aromatic heterocycles. The van der Waals surface area contributed by atoms with Gasteiger partial charge >= 0.3 is 0 Å². The molecule has 0 bridgehead atoms. The van der Waals surface area contributed by atoms with Crippen LogP contribution in [-0.4, -0.2) is 17.2 Å². The fraction of sp³-hybridized carbons (Fsp3) is 0.143. The summed E-state index contributed by atoms with van der Waals surface area (Å²) in [5.41, 5.74) is 1.07. The van der Waals surface area contributed by atoms with Gasteiger partial charge in [0.2, 0.25) is 5.89 Å². The molecular weight excluding hydrogens is 242 g/mol. The summed E-state index contributed by atoms with van der Waals surface area (Å²) in [6.45, 7) is 0. The summed E-state index contributed by atoms with van der Waals surface area (Å²) in [5, 5.41) is 11.2. The van der Waals surface area contributed by atoms with Crippen LogP contribution in [0.3, 0.4) is 0 Å². The number of furan rings is 1. The minimum atomic E-state index is -0.127. The second-order valence-corrected chi connectivity index (χ2v) is 4.06. The normalized spacial score (nSPS) is 12.5. The summed E-state index contributed by atoms with van der Waals surface area (Å²) >= 11 is 0. The van der Waals surface area contributed by atoms with Gasteiger partial charge < -0.3 is 14.2 Å². The van der Waals surface area contributed by atoms with E-state index in [1.54, 1.807) is 18.4 Å². The molecule has 1 N–H and O–H groups in total. The zero-order valence-corrected chi connectivity index (χ0v) is 10.4. The number of nitrogens with zero attached hydrogens (tertiary/aromatic N) is 2. The number of rotatable bonds is 4. The maximum atomic E-state index is 5.66. The van der Waals surface area contributed by atoms with Crippen molar-refractivity contribution >= 4 is 0 Å². The van der Waals surface area contributed by atoms with Crippen LogP contribution in [0.25, 0.3) is 11.7 Å². The first-order valence-corrected chi connectivity index (χ1v) is 5.98. The van der Waals surface area contributed by atoms with Crippen LogP contribution in [0.2, 0.25) is 0 Å². The van der Waals surface area contributed by atoms with E-state index in [1.807, 2.05) is 37.4 Å². The average molecular weight is 255 g/mol. The molecule has 0 fully saturated rings. The van der Waals surface area contributed by atoms with Gasteiger partial charge in [-0.15, -0.1) is 10.2 Å². The Morgan fingerprint density at radius 1 is 1.05 bits per heavy atom. The zero-order chi connectivity index (χ0) is 13.1. The molecule has 1 aromatic carbocycles. The van der Waals surface area contributed by atoms with Crippen molar-refractivity contribution in [3.05, 3.63) is 60.2 Å². The molecule has 5 heteroatoms. The van der Waals surface area contributed by atoms with Gasteiger partial charge in [0.1, 0.15) is 6.04 Å². The van der Waals surface area contributed by atoms with Crippen LogP contribution >= 0.6 is 0 Å². The molecule has 0 amide bonds. The molecule has 3 aromatic rings. The number of nitrogens with one attached hydrogen (secondary N) is 1. The lowest BCUT2D eigenvalue weighted by molar-refractivity contribution is 0.443. The largest absolute Gasteiger partial charge is 0.459 e. The predicted octanol–water partition coefficient (Wildman–Crippen LogP) is 2.64. The van der Waals surface area contributed by atoms with Gasteiger partial charge in [-0.2, -0.15) is 0 Å². The third-order valence-corrected chi connectivity index (χ3v) is 2.84. The highest BCUT2D eigenvalue weighted by Crippen LogP contribution is 2.24. The first-order valence-electron chi connectivity index (χ1n) is 5.98. The third-order valence-electron chi connectivity index (χ3n) is 2.84. The van der Waals surface area contributed by atoms with E-state index < -0.39 is 0 Å². The molecular formula is C14H13N3O2. The second kappa shape index (κ2) is 5.07. The summed E-state index contributed by atoms with van der Waals surface area (Å²) in [5.74, 6) is 1.47. The maximum absolute atomic E-state index is 5.66. The topological polar surface area (TPSA) is 64.1 Å². The Morgan fingerprint density at radius 3 is 2.58 bits per heavy atom. The monoisotopic (exact) mass is 255 g/mol. The minimum absolute atomic E-state index is 0.127. The van der Waals surface area contributed by atoms with Crippen molar-refractivity contribution in [2.45, 2.75) is 6.04 Å². The molecule has 5 nitrogen and oxygen atoms in total. The molecule has 0 aliphatic rings. The van der Waals surface area contributed by atoms with Crippen LogP contribution < -0.4 is 5.32 Å². The quantitative estimate of drug-likeness (QED) is 0.776. The Labute approximate surface area is 110 Å². The zero-order valence-electron chi connectivity index (χ0n) is 10.4. The van der Waals surface area contributed by atoms with E-state index in [-0.39, 0.29) is 6.04 Å². The number of aromatic nitrogens is 2. The van der Waals surface area contributed by atoms with Gasteiger partial charge in [0, 0.05) is 0 Å². The SMILES string of the molecule is CNC(c1ccccc1)c1nnc(-c2ccco2)o1.